The molecule has 0 N–H and O–H groups in total. The average molecular weight is 316 g/mol. The minimum Gasteiger partial charge on any atom is -0.497 e. The van der Waals surface area contributed by atoms with Crippen LogP contribution in [0.15, 0.2) is 43.0 Å². The third kappa shape index (κ3) is 3.74. The fourth-order valence-corrected chi connectivity index (χ4v) is 2.95. The normalized spacial score (nSPS) is 27.3. The van der Waals surface area contributed by atoms with E-state index in [1.165, 1.54) is 5.56 Å². The number of rotatable bonds is 6. The Balaban J connectivity index is 1.71. The van der Waals surface area contributed by atoms with Crippen LogP contribution in [0.3, 0.4) is 0 Å². The Labute approximate surface area is 137 Å². The Bertz CT molecular complexity index is 600. The third-order valence-corrected chi connectivity index (χ3v) is 4.40. The highest BCUT2D eigenvalue weighted by Crippen LogP contribution is 2.34. The highest BCUT2D eigenvalue weighted by Gasteiger charge is 2.43. The second kappa shape index (κ2) is 6.72. The zero-order valence-electron chi connectivity index (χ0n) is 13.9. The molecule has 1 aromatic carbocycles. The number of aryl methyl sites for hydroxylation is 1. The second-order valence-electron chi connectivity index (χ2n) is 6.14. The van der Waals surface area contributed by atoms with E-state index in [-0.39, 0.29) is 12.2 Å². The number of benzene rings is 1. The van der Waals surface area contributed by atoms with Gasteiger partial charge in [-0.25, -0.2) is 4.98 Å². The Morgan fingerprint density at radius 2 is 1.87 bits per heavy atom. The van der Waals surface area contributed by atoms with Crippen molar-refractivity contribution in [3.05, 3.63) is 48.5 Å². The molecule has 2 unspecified atom stereocenters. The van der Waals surface area contributed by atoms with Gasteiger partial charge in [-0.15, -0.1) is 0 Å². The van der Waals surface area contributed by atoms with Crippen molar-refractivity contribution in [2.24, 2.45) is 0 Å². The molecule has 0 spiro atoms. The number of nitrogens with zero attached hydrogens (tertiary/aromatic N) is 2. The summed E-state index contributed by atoms with van der Waals surface area (Å²) in [5, 5.41) is 0. The van der Waals surface area contributed by atoms with E-state index >= 15 is 0 Å². The summed E-state index contributed by atoms with van der Waals surface area (Å²) in [7, 11) is 1.68. The smallest absolute Gasteiger partial charge is 0.187 e. The van der Waals surface area contributed by atoms with Gasteiger partial charge in [0.05, 0.1) is 32.2 Å². The van der Waals surface area contributed by atoms with E-state index in [0.717, 1.165) is 18.6 Å². The topological polar surface area (TPSA) is 45.5 Å². The van der Waals surface area contributed by atoms with E-state index in [4.69, 9.17) is 14.2 Å². The predicted molar refractivity (Wildman–Crippen MR) is 87.4 cm³/mol. The molecule has 1 aliphatic rings. The van der Waals surface area contributed by atoms with Crippen molar-refractivity contribution >= 4 is 0 Å². The minimum absolute atomic E-state index is 0.0920. The zero-order valence-corrected chi connectivity index (χ0v) is 13.9. The molecule has 1 aromatic heterocycles. The van der Waals surface area contributed by atoms with Crippen LogP contribution in [0.1, 0.15) is 25.8 Å². The Kier molecular flexibility index (Phi) is 4.68. The largest absolute Gasteiger partial charge is 0.497 e. The van der Waals surface area contributed by atoms with Crippen LogP contribution in [0, 0.1) is 0 Å². The van der Waals surface area contributed by atoms with Gasteiger partial charge in [0, 0.05) is 18.8 Å². The maximum absolute atomic E-state index is 6.21. The van der Waals surface area contributed by atoms with Crippen LogP contribution in [-0.4, -0.2) is 34.7 Å². The van der Waals surface area contributed by atoms with Crippen LogP contribution >= 0.6 is 0 Å². The van der Waals surface area contributed by atoms with Gasteiger partial charge in [0.2, 0.25) is 0 Å². The molecule has 124 valence electrons. The molecule has 2 atom stereocenters. The number of hydrogen-bond donors (Lipinski definition) is 0. The summed E-state index contributed by atoms with van der Waals surface area (Å²) >= 11 is 0. The Morgan fingerprint density at radius 1 is 1.17 bits per heavy atom. The summed E-state index contributed by atoms with van der Waals surface area (Å²) in [4.78, 5) is 4.11. The lowest BCUT2D eigenvalue weighted by Gasteiger charge is -2.28. The van der Waals surface area contributed by atoms with E-state index in [1.807, 2.05) is 22.9 Å². The number of methoxy groups -OCH3 is 1. The van der Waals surface area contributed by atoms with Gasteiger partial charge in [-0.1, -0.05) is 12.1 Å². The highest BCUT2D eigenvalue weighted by atomic mass is 16.8. The maximum Gasteiger partial charge on any atom is 0.187 e. The monoisotopic (exact) mass is 316 g/mol. The van der Waals surface area contributed by atoms with Crippen molar-refractivity contribution in [1.82, 2.24) is 9.55 Å². The van der Waals surface area contributed by atoms with Gasteiger partial charge in [-0.05, 0) is 38.0 Å². The van der Waals surface area contributed by atoms with E-state index in [2.05, 4.69) is 31.0 Å². The average Bonchev–Trinajstić information content (AvgIpc) is 3.15. The molecule has 2 heterocycles. The van der Waals surface area contributed by atoms with Crippen LogP contribution in [0.25, 0.3) is 0 Å². The molecule has 0 radical (unpaired) electrons. The molecule has 0 saturated carbocycles. The van der Waals surface area contributed by atoms with Gasteiger partial charge in [0.1, 0.15) is 5.75 Å². The lowest BCUT2D eigenvalue weighted by Crippen LogP contribution is -2.36. The summed E-state index contributed by atoms with van der Waals surface area (Å²) < 4.78 is 19.6. The molecule has 5 nitrogen and oxygen atoms in total. The van der Waals surface area contributed by atoms with E-state index < -0.39 is 5.79 Å². The first-order chi connectivity index (χ1) is 11.1. The second-order valence-corrected chi connectivity index (χ2v) is 6.14. The molecule has 2 aromatic rings. The van der Waals surface area contributed by atoms with Gasteiger partial charge in [-0.2, -0.15) is 0 Å². The van der Waals surface area contributed by atoms with Gasteiger partial charge in [-0.3, -0.25) is 0 Å². The van der Waals surface area contributed by atoms with Crippen LogP contribution in [0.4, 0.5) is 0 Å². The summed E-state index contributed by atoms with van der Waals surface area (Å²) in [6, 6.07) is 8.15. The molecule has 5 heteroatoms. The van der Waals surface area contributed by atoms with E-state index in [1.54, 1.807) is 19.6 Å². The lowest BCUT2D eigenvalue weighted by atomic mass is 10.0. The highest BCUT2D eigenvalue weighted by molar-refractivity contribution is 5.27. The standard InChI is InChI=1S/C18H24N2O3/c1-14-15(2)23-18(22-14,12-20-11-10-19-13-20)9-8-16-4-6-17(21-3)7-5-16/h4-7,10-11,13-15H,8-9,12H2,1-3H3. The maximum atomic E-state index is 6.21. The van der Waals surface area contributed by atoms with Crippen LogP contribution in [0.2, 0.25) is 0 Å². The minimum atomic E-state index is -0.598. The Morgan fingerprint density at radius 3 is 2.43 bits per heavy atom. The zero-order chi connectivity index (χ0) is 16.3. The third-order valence-electron chi connectivity index (χ3n) is 4.40. The number of aromatic nitrogens is 2. The van der Waals surface area contributed by atoms with Crippen LogP contribution in [-0.2, 0) is 22.4 Å². The Hall–Kier alpha value is -1.85. The first-order valence-corrected chi connectivity index (χ1v) is 8.04. The molecule has 23 heavy (non-hydrogen) atoms. The molecule has 0 amide bonds. The number of ether oxygens (including phenoxy) is 3. The summed E-state index contributed by atoms with van der Waals surface area (Å²) in [5.74, 6) is 0.275. The quantitative estimate of drug-likeness (QED) is 0.822. The molecule has 0 bridgehead atoms. The van der Waals surface area contributed by atoms with E-state index in [9.17, 15) is 0 Å². The molecular formula is C18H24N2O3. The van der Waals surface area contributed by atoms with Crippen molar-refractivity contribution < 1.29 is 14.2 Å². The van der Waals surface area contributed by atoms with Crippen molar-refractivity contribution in [2.45, 2.75) is 51.2 Å². The summed E-state index contributed by atoms with van der Waals surface area (Å²) in [5.41, 5.74) is 1.25. The number of hydrogen-bond acceptors (Lipinski definition) is 4. The molecule has 1 fully saturated rings. The lowest BCUT2D eigenvalue weighted by molar-refractivity contribution is -0.186. The van der Waals surface area contributed by atoms with Gasteiger partial charge >= 0.3 is 0 Å². The fourth-order valence-electron chi connectivity index (χ4n) is 2.95. The van der Waals surface area contributed by atoms with Crippen molar-refractivity contribution in [1.29, 1.82) is 0 Å². The molecule has 3 rings (SSSR count). The predicted octanol–water partition coefficient (Wildman–Crippen LogP) is 3.04. The van der Waals surface area contributed by atoms with Crippen molar-refractivity contribution in [3.8, 4) is 5.75 Å². The molecule has 1 aliphatic heterocycles. The first kappa shape index (κ1) is 16.0. The van der Waals surface area contributed by atoms with Gasteiger partial charge in [0.25, 0.3) is 0 Å². The van der Waals surface area contributed by atoms with Crippen molar-refractivity contribution in [3.63, 3.8) is 0 Å². The molecule has 1 saturated heterocycles. The molecular weight excluding hydrogens is 292 g/mol. The summed E-state index contributed by atoms with van der Waals surface area (Å²) in [6.07, 6.45) is 7.39. The van der Waals surface area contributed by atoms with E-state index in [0.29, 0.717) is 6.54 Å². The number of imidazole rings is 1. The van der Waals surface area contributed by atoms with Crippen molar-refractivity contribution in [2.75, 3.05) is 7.11 Å². The van der Waals surface area contributed by atoms with Crippen LogP contribution < -0.4 is 4.74 Å². The van der Waals surface area contributed by atoms with Gasteiger partial charge in [0.15, 0.2) is 5.79 Å². The molecule has 0 aliphatic carbocycles. The SMILES string of the molecule is COc1ccc(CCC2(Cn3ccnc3)OC(C)C(C)O2)cc1. The fraction of sp³-hybridized carbons (Fsp3) is 0.500. The first-order valence-electron chi connectivity index (χ1n) is 8.04. The van der Waals surface area contributed by atoms with Gasteiger partial charge < -0.3 is 18.8 Å². The summed E-state index contributed by atoms with van der Waals surface area (Å²) in [6.45, 7) is 4.78. The van der Waals surface area contributed by atoms with Crippen LogP contribution in [0.5, 0.6) is 5.75 Å².